The van der Waals surface area contributed by atoms with Gasteiger partial charge in [0.05, 0.1) is 30.8 Å². The van der Waals surface area contributed by atoms with Gasteiger partial charge in [-0.15, -0.1) is 0 Å². The predicted octanol–water partition coefficient (Wildman–Crippen LogP) is 2.27. The van der Waals surface area contributed by atoms with E-state index < -0.39 is 15.7 Å². The molecule has 1 aromatic carbocycles. The van der Waals surface area contributed by atoms with Gasteiger partial charge in [-0.1, -0.05) is 26.0 Å². The first-order chi connectivity index (χ1) is 14.7. The summed E-state index contributed by atoms with van der Waals surface area (Å²) in [5.41, 5.74) is 1.04. The Labute approximate surface area is 182 Å². The summed E-state index contributed by atoms with van der Waals surface area (Å²) in [5, 5.41) is -0.104. The summed E-state index contributed by atoms with van der Waals surface area (Å²) in [6.07, 6.45) is 1.47. The number of ether oxygens (including phenoxy) is 2. The maximum absolute atomic E-state index is 13.2. The highest BCUT2D eigenvalue weighted by Gasteiger charge is 2.26. The Morgan fingerprint density at radius 1 is 1.19 bits per heavy atom. The van der Waals surface area contributed by atoms with Crippen LogP contribution in [-0.2, 0) is 42.9 Å². The van der Waals surface area contributed by atoms with Crippen molar-refractivity contribution in [3.05, 3.63) is 47.5 Å². The van der Waals surface area contributed by atoms with Crippen LogP contribution in [0, 0.1) is 11.7 Å². The molecular formula is C21H30FN3O5S. The van der Waals surface area contributed by atoms with Gasteiger partial charge in [0.1, 0.15) is 12.4 Å². The number of hydrogen-bond donors (Lipinski definition) is 0. The highest BCUT2D eigenvalue weighted by molar-refractivity contribution is 7.90. The van der Waals surface area contributed by atoms with E-state index >= 15 is 0 Å². The van der Waals surface area contributed by atoms with Gasteiger partial charge in [-0.25, -0.2) is 17.8 Å². The zero-order chi connectivity index (χ0) is 23.0. The van der Waals surface area contributed by atoms with Crippen LogP contribution in [0.15, 0.2) is 35.6 Å². The molecule has 8 nitrogen and oxygen atoms in total. The molecule has 1 heterocycles. The monoisotopic (exact) mass is 455 g/mol. The molecule has 0 aliphatic carbocycles. The van der Waals surface area contributed by atoms with Gasteiger partial charge in [-0.2, -0.15) is 0 Å². The van der Waals surface area contributed by atoms with Gasteiger partial charge in [-0.05, 0) is 23.6 Å². The molecule has 31 heavy (non-hydrogen) atoms. The Balaban J connectivity index is 2.36. The van der Waals surface area contributed by atoms with Crippen LogP contribution in [0.25, 0.3) is 0 Å². The molecule has 0 radical (unpaired) electrons. The number of benzene rings is 1. The van der Waals surface area contributed by atoms with Crippen LogP contribution in [-0.4, -0.2) is 62.8 Å². The van der Waals surface area contributed by atoms with Crippen molar-refractivity contribution in [3.63, 3.8) is 0 Å². The number of halogens is 1. The van der Waals surface area contributed by atoms with Gasteiger partial charge in [0.2, 0.25) is 20.9 Å². The van der Waals surface area contributed by atoms with E-state index in [4.69, 9.17) is 9.47 Å². The second-order valence-corrected chi connectivity index (χ2v) is 9.55. The molecule has 0 bridgehead atoms. The third kappa shape index (κ3) is 7.12. The third-order valence-electron chi connectivity index (χ3n) is 4.53. The maximum atomic E-state index is 13.2. The maximum Gasteiger partial charge on any atom is 0.248 e. The Bertz CT molecular complexity index is 958. The molecule has 2 rings (SSSR count). The quantitative estimate of drug-likeness (QED) is 0.488. The lowest BCUT2D eigenvalue weighted by Gasteiger charge is -2.25. The molecule has 1 aromatic heterocycles. The standard InChI is InChI=1S/C21H30FN3O5S/c1-16(2)12-24(20(26)14-30-4)13-19-11-23-21(25(19)9-10-29-3)31(27,28)15-17-5-7-18(22)8-6-17/h5-8,11,16H,9-10,12-15H2,1-4H3. The molecule has 0 saturated carbocycles. The second kappa shape index (κ2) is 11.4. The molecular weight excluding hydrogens is 425 g/mol. The molecule has 0 fully saturated rings. The third-order valence-corrected chi connectivity index (χ3v) is 6.12. The molecule has 1 amide bonds. The number of carbonyl (C=O) groups is 1. The zero-order valence-corrected chi connectivity index (χ0v) is 19.2. The number of nitrogens with zero attached hydrogens (tertiary/aromatic N) is 3. The normalized spacial score (nSPS) is 11.8. The van der Waals surface area contributed by atoms with Crippen LogP contribution < -0.4 is 0 Å². The van der Waals surface area contributed by atoms with E-state index in [1.165, 1.54) is 44.7 Å². The first-order valence-electron chi connectivity index (χ1n) is 9.95. The van der Waals surface area contributed by atoms with E-state index in [0.717, 1.165) is 0 Å². The van der Waals surface area contributed by atoms with Gasteiger partial charge in [0, 0.05) is 27.3 Å². The number of carbonyl (C=O) groups excluding carboxylic acids is 1. The lowest BCUT2D eigenvalue weighted by Crippen LogP contribution is -2.37. The number of rotatable bonds is 12. The van der Waals surface area contributed by atoms with E-state index in [-0.39, 0.29) is 49.0 Å². The Kier molecular flexibility index (Phi) is 9.15. The minimum absolute atomic E-state index is 0.0609. The smallest absolute Gasteiger partial charge is 0.248 e. The second-order valence-electron chi connectivity index (χ2n) is 7.66. The van der Waals surface area contributed by atoms with Crippen LogP contribution in [0.1, 0.15) is 25.1 Å². The van der Waals surface area contributed by atoms with Gasteiger partial charge in [-0.3, -0.25) is 4.79 Å². The first-order valence-corrected chi connectivity index (χ1v) is 11.6. The predicted molar refractivity (Wildman–Crippen MR) is 114 cm³/mol. The number of aromatic nitrogens is 2. The van der Waals surface area contributed by atoms with E-state index in [9.17, 15) is 17.6 Å². The summed E-state index contributed by atoms with van der Waals surface area (Å²) in [5.74, 6) is -0.713. The number of imidazole rings is 1. The Morgan fingerprint density at radius 2 is 1.87 bits per heavy atom. The van der Waals surface area contributed by atoms with Crippen LogP contribution in [0.4, 0.5) is 4.39 Å². The molecule has 0 N–H and O–H groups in total. The summed E-state index contributed by atoms with van der Waals surface area (Å²) in [7, 11) is -0.833. The topological polar surface area (TPSA) is 90.7 Å². The van der Waals surface area contributed by atoms with Crippen LogP contribution in [0.2, 0.25) is 0 Å². The van der Waals surface area contributed by atoms with Crippen LogP contribution >= 0.6 is 0 Å². The summed E-state index contributed by atoms with van der Waals surface area (Å²) in [6, 6.07) is 5.31. The van der Waals surface area contributed by atoms with E-state index in [0.29, 0.717) is 17.8 Å². The Morgan fingerprint density at radius 3 is 2.45 bits per heavy atom. The number of methoxy groups -OCH3 is 2. The zero-order valence-electron chi connectivity index (χ0n) is 18.4. The van der Waals surface area contributed by atoms with Gasteiger partial charge in [0.15, 0.2) is 0 Å². The van der Waals surface area contributed by atoms with Crippen molar-refractivity contribution in [2.24, 2.45) is 5.92 Å². The van der Waals surface area contributed by atoms with E-state index in [1.54, 1.807) is 9.47 Å². The molecule has 0 spiro atoms. The minimum Gasteiger partial charge on any atom is -0.383 e. The molecule has 2 aromatic rings. The fraction of sp³-hybridized carbons (Fsp3) is 0.524. The lowest BCUT2D eigenvalue weighted by molar-refractivity contribution is -0.136. The molecule has 0 atom stereocenters. The molecule has 0 unspecified atom stereocenters. The summed E-state index contributed by atoms with van der Waals surface area (Å²) in [4.78, 5) is 18.3. The van der Waals surface area contributed by atoms with Crippen molar-refractivity contribution in [1.82, 2.24) is 14.5 Å². The fourth-order valence-electron chi connectivity index (χ4n) is 3.16. The van der Waals surface area contributed by atoms with Crippen molar-refractivity contribution in [3.8, 4) is 0 Å². The van der Waals surface area contributed by atoms with Crippen LogP contribution in [0.5, 0.6) is 0 Å². The molecule has 0 aliphatic heterocycles. The van der Waals surface area contributed by atoms with Gasteiger partial charge in [0.25, 0.3) is 0 Å². The molecule has 0 saturated heterocycles. The number of amides is 1. The SMILES string of the molecule is COCCn1c(CN(CC(C)C)C(=O)COC)cnc1S(=O)(=O)Cc1ccc(F)cc1. The minimum atomic E-state index is -3.81. The molecule has 10 heteroatoms. The van der Waals surface area contributed by atoms with E-state index in [2.05, 4.69) is 4.98 Å². The van der Waals surface area contributed by atoms with Crippen molar-refractivity contribution in [1.29, 1.82) is 0 Å². The molecule has 172 valence electrons. The summed E-state index contributed by atoms with van der Waals surface area (Å²) < 4.78 is 51.0. The van der Waals surface area contributed by atoms with Gasteiger partial charge >= 0.3 is 0 Å². The summed E-state index contributed by atoms with van der Waals surface area (Å²) in [6.45, 7) is 5.16. The average Bonchev–Trinajstić information content (AvgIpc) is 3.10. The Hall–Kier alpha value is -2.30. The molecule has 0 aliphatic rings. The first kappa shape index (κ1) is 25.0. The average molecular weight is 456 g/mol. The summed E-state index contributed by atoms with van der Waals surface area (Å²) >= 11 is 0. The number of sulfone groups is 1. The highest BCUT2D eigenvalue weighted by atomic mass is 32.2. The van der Waals surface area contributed by atoms with Crippen molar-refractivity contribution >= 4 is 15.7 Å². The number of hydrogen-bond acceptors (Lipinski definition) is 6. The fourth-order valence-corrected chi connectivity index (χ4v) is 4.68. The van der Waals surface area contributed by atoms with Crippen molar-refractivity contribution in [2.75, 3.05) is 34.0 Å². The van der Waals surface area contributed by atoms with Crippen molar-refractivity contribution < 1.29 is 27.1 Å². The highest BCUT2D eigenvalue weighted by Crippen LogP contribution is 2.19. The van der Waals surface area contributed by atoms with Gasteiger partial charge < -0.3 is 18.9 Å². The van der Waals surface area contributed by atoms with Crippen molar-refractivity contribution in [2.45, 2.75) is 37.8 Å². The largest absolute Gasteiger partial charge is 0.383 e. The lowest BCUT2D eigenvalue weighted by atomic mass is 10.2. The van der Waals surface area contributed by atoms with E-state index in [1.807, 2.05) is 13.8 Å². The van der Waals surface area contributed by atoms with Crippen LogP contribution in [0.3, 0.4) is 0 Å².